The van der Waals surface area contributed by atoms with Crippen LogP contribution in [-0.4, -0.2) is 41.7 Å². The van der Waals surface area contributed by atoms with Gasteiger partial charge in [0.2, 0.25) is 5.89 Å². The number of hydrogen-bond acceptors (Lipinski definition) is 5. The number of rotatable bonds is 6. The van der Waals surface area contributed by atoms with Gasteiger partial charge in [0.15, 0.2) is 5.82 Å². The summed E-state index contributed by atoms with van der Waals surface area (Å²) in [4.78, 5) is 6.75. The van der Waals surface area contributed by atoms with Gasteiger partial charge in [-0.15, -0.1) is 0 Å². The summed E-state index contributed by atoms with van der Waals surface area (Å²) < 4.78 is 5.31. The quantitative estimate of drug-likeness (QED) is 0.849. The maximum absolute atomic E-state index is 5.31. The van der Waals surface area contributed by atoms with Crippen LogP contribution in [0.25, 0.3) is 0 Å². The molecule has 0 atom stereocenters. The van der Waals surface area contributed by atoms with Gasteiger partial charge < -0.3 is 9.84 Å². The van der Waals surface area contributed by atoms with Crippen LogP contribution in [0.5, 0.6) is 0 Å². The molecule has 2 rings (SSSR count). The van der Waals surface area contributed by atoms with E-state index in [9.17, 15) is 0 Å². The summed E-state index contributed by atoms with van der Waals surface area (Å²) in [5.41, 5.74) is 0. The van der Waals surface area contributed by atoms with E-state index in [2.05, 4.69) is 41.3 Å². The van der Waals surface area contributed by atoms with Gasteiger partial charge in [0, 0.05) is 13.0 Å². The van der Waals surface area contributed by atoms with Crippen molar-refractivity contribution in [3.8, 4) is 0 Å². The molecule has 0 radical (unpaired) electrons. The van der Waals surface area contributed by atoms with Gasteiger partial charge in [-0.25, -0.2) is 0 Å². The van der Waals surface area contributed by atoms with Crippen LogP contribution in [0, 0.1) is 11.8 Å². The van der Waals surface area contributed by atoms with Gasteiger partial charge in [-0.2, -0.15) is 4.98 Å². The normalized spacial score (nSPS) is 17.5. The van der Waals surface area contributed by atoms with E-state index < -0.39 is 0 Å². The Balaban J connectivity index is 1.77. The van der Waals surface area contributed by atoms with Gasteiger partial charge in [0.1, 0.15) is 0 Å². The molecule has 1 aromatic heterocycles. The lowest BCUT2D eigenvalue weighted by molar-refractivity contribution is 0.210. The molecular formula is C14H26N4O. The molecule has 19 heavy (non-hydrogen) atoms. The van der Waals surface area contributed by atoms with Crippen molar-refractivity contribution in [2.75, 3.05) is 26.7 Å². The molecule has 2 heterocycles. The van der Waals surface area contributed by atoms with Crippen LogP contribution >= 0.6 is 0 Å². The average molecular weight is 266 g/mol. The smallest absolute Gasteiger partial charge is 0.240 e. The van der Waals surface area contributed by atoms with E-state index in [1.165, 1.54) is 12.8 Å². The van der Waals surface area contributed by atoms with Crippen molar-refractivity contribution in [1.82, 2.24) is 20.4 Å². The predicted octanol–water partition coefficient (Wildman–Crippen LogP) is 1.70. The molecule has 0 amide bonds. The Kier molecular flexibility index (Phi) is 5.34. The van der Waals surface area contributed by atoms with E-state index in [0.29, 0.717) is 5.92 Å². The third-order valence-electron chi connectivity index (χ3n) is 3.53. The van der Waals surface area contributed by atoms with Crippen LogP contribution in [0.1, 0.15) is 38.4 Å². The summed E-state index contributed by atoms with van der Waals surface area (Å²) in [5.74, 6) is 2.94. The second-order valence-electron chi connectivity index (χ2n) is 6.09. The standard InChI is InChI=1S/C14H26N4O/c1-11(2)8-13-16-14(19-17-13)10-18(3)9-12-4-6-15-7-5-12/h11-12,15H,4-10H2,1-3H3. The van der Waals surface area contributed by atoms with Gasteiger partial charge in [-0.05, 0) is 44.8 Å². The lowest BCUT2D eigenvalue weighted by Crippen LogP contribution is -2.34. The molecule has 0 aromatic carbocycles. The summed E-state index contributed by atoms with van der Waals surface area (Å²) in [5, 5.41) is 7.43. The van der Waals surface area contributed by atoms with Crippen molar-refractivity contribution >= 4 is 0 Å². The highest BCUT2D eigenvalue weighted by Crippen LogP contribution is 2.14. The average Bonchev–Trinajstić information content (AvgIpc) is 2.76. The first-order valence-corrected chi connectivity index (χ1v) is 7.34. The zero-order valence-electron chi connectivity index (χ0n) is 12.4. The van der Waals surface area contributed by atoms with E-state index in [-0.39, 0.29) is 0 Å². The lowest BCUT2D eigenvalue weighted by atomic mass is 9.98. The highest BCUT2D eigenvalue weighted by Gasteiger charge is 2.16. The number of hydrogen-bond donors (Lipinski definition) is 1. The monoisotopic (exact) mass is 266 g/mol. The summed E-state index contributed by atoms with van der Waals surface area (Å²) in [7, 11) is 2.13. The highest BCUT2D eigenvalue weighted by atomic mass is 16.5. The molecule has 1 aromatic rings. The molecule has 0 spiro atoms. The molecule has 1 fully saturated rings. The molecule has 1 aliphatic rings. The summed E-state index contributed by atoms with van der Waals surface area (Å²) in [6.07, 6.45) is 3.43. The molecule has 0 unspecified atom stereocenters. The first-order valence-electron chi connectivity index (χ1n) is 7.34. The van der Waals surface area contributed by atoms with Crippen molar-refractivity contribution < 1.29 is 4.52 Å². The van der Waals surface area contributed by atoms with Gasteiger partial charge in [-0.3, -0.25) is 4.90 Å². The fourth-order valence-corrected chi connectivity index (χ4v) is 2.60. The van der Waals surface area contributed by atoms with Crippen LogP contribution in [0.4, 0.5) is 0 Å². The third-order valence-corrected chi connectivity index (χ3v) is 3.53. The molecule has 0 saturated carbocycles. The minimum absolute atomic E-state index is 0.568. The highest BCUT2D eigenvalue weighted by molar-refractivity contribution is 4.87. The second kappa shape index (κ2) is 7.01. The fraction of sp³-hybridized carbons (Fsp3) is 0.857. The maximum Gasteiger partial charge on any atom is 0.240 e. The first-order chi connectivity index (χ1) is 9.13. The van der Waals surface area contributed by atoms with E-state index in [0.717, 1.165) is 50.2 Å². The van der Waals surface area contributed by atoms with Crippen LogP contribution < -0.4 is 5.32 Å². The summed E-state index contributed by atoms with van der Waals surface area (Å²) >= 11 is 0. The van der Waals surface area contributed by atoms with Gasteiger partial charge in [-0.1, -0.05) is 19.0 Å². The Morgan fingerprint density at radius 2 is 2.11 bits per heavy atom. The Morgan fingerprint density at radius 1 is 1.37 bits per heavy atom. The largest absolute Gasteiger partial charge is 0.338 e. The Labute approximate surface area is 115 Å². The molecular weight excluding hydrogens is 240 g/mol. The fourth-order valence-electron chi connectivity index (χ4n) is 2.60. The van der Waals surface area contributed by atoms with E-state index in [1.54, 1.807) is 0 Å². The Hall–Kier alpha value is -0.940. The van der Waals surface area contributed by atoms with Crippen LogP contribution in [0.3, 0.4) is 0 Å². The van der Waals surface area contributed by atoms with Crippen molar-refractivity contribution in [3.63, 3.8) is 0 Å². The lowest BCUT2D eigenvalue weighted by Gasteiger charge is -2.26. The Morgan fingerprint density at radius 3 is 2.79 bits per heavy atom. The first kappa shape index (κ1) is 14.5. The van der Waals surface area contributed by atoms with Crippen molar-refractivity contribution in [2.45, 2.75) is 39.7 Å². The van der Waals surface area contributed by atoms with Gasteiger partial charge >= 0.3 is 0 Å². The molecule has 1 aliphatic heterocycles. The molecule has 108 valence electrons. The SMILES string of the molecule is CC(C)Cc1noc(CN(C)CC2CCNCC2)n1. The van der Waals surface area contributed by atoms with Crippen molar-refractivity contribution in [3.05, 3.63) is 11.7 Å². The van der Waals surface area contributed by atoms with Crippen molar-refractivity contribution in [2.24, 2.45) is 11.8 Å². The Bertz CT molecular complexity index is 371. The van der Waals surface area contributed by atoms with Gasteiger partial charge in [0.25, 0.3) is 0 Å². The zero-order valence-corrected chi connectivity index (χ0v) is 12.4. The molecule has 5 nitrogen and oxygen atoms in total. The molecule has 0 bridgehead atoms. The van der Waals surface area contributed by atoms with Crippen molar-refractivity contribution in [1.29, 1.82) is 0 Å². The van der Waals surface area contributed by atoms with E-state index in [4.69, 9.17) is 4.52 Å². The number of aromatic nitrogens is 2. The minimum Gasteiger partial charge on any atom is -0.338 e. The topological polar surface area (TPSA) is 54.2 Å². The van der Waals surface area contributed by atoms with Gasteiger partial charge in [0.05, 0.1) is 6.54 Å². The van der Waals surface area contributed by atoms with E-state index in [1.807, 2.05) is 0 Å². The van der Waals surface area contributed by atoms with Crippen LogP contribution in [0.2, 0.25) is 0 Å². The predicted molar refractivity (Wildman–Crippen MR) is 74.8 cm³/mol. The van der Waals surface area contributed by atoms with Crippen LogP contribution in [0.15, 0.2) is 4.52 Å². The molecule has 1 saturated heterocycles. The zero-order chi connectivity index (χ0) is 13.7. The molecule has 5 heteroatoms. The number of nitrogens with one attached hydrogen (secondary N) is 1. The summed E-state index contributed by atoms with van der Waals surface area (Å²) in [6.45, 7) is 8.51. The van der Waals surface area contributed by atoms with E-state index >= 15 is 0 Å². The second-order valence-corrected chi connectivity index (χ2v) is 6.09. The van der Waals surface area contributed by atoms with Crippen LogP contribution in [-0.2, 0) is 13.0 Å². The molecule has 1 N–H and O–H groups in total. The number of nitrogens with zero attached hydrogens (tertiary/aromatic N) is 3. The number of piperidine rings is 1. The minimum atomic E-state index is 0.568. The molecule has 0 aliphatic carbocycles. The summed E-state index contributed by atoms with van der Waals surface area (Å²) in [6, 6.07) is 0. The third kappa shape index (κ3) is 4.91. The maximum atomic E-state index is 5.31.